The van der Waals surface area contributed by atoms with E-state index in [1.165, 1.54) is 30.5 Å². The fourth-order valence-corrected chi connectivity index (χ4v) is 2.46. The van der Waals surface area contributed by atoms with Crippen molar-refractivity contribution in [3.63, 3.8) is 0 Å². The second-order valence-electron chi connectivity index (χ2n) is 5.69. The van der Waals surface area contributed by atoms with Gasteiger partial charge < -0.3 is 15.5 Å². The summed E-state index contributed by atoms with van der Waals surface area (Å²) in [5, 5.41) is 7.56. The molecule has 3 N–H and O–H groups in total. The molecule has 144 valence electrons. The summed E-state index contributed by atoms with van der Waals surface area (Å²) < 4.78 is 45.4. The minimum absolute atomic E-state index is 0.123. The van der Waals surface area contributed by atoms with E-state index in [-0.39, 0.29) is 17.7 Å². The summed E-state index contributed by atoms with van der Waals surface area (Å²) in [6.45, 7) is 0.130. The molecule has 0 saturated heterocycles. The number of benzene rings is 1. The maximum atomic E-state index is 13.3. The maximum Gasteiger partial charge on any atom is 0.431 e. The molecule has 0 radical (unpaired) electrons. The van der Waals surface area contributed by atoms with E-state index in [0.29, 0.717) is 11.4 Å². The van der Waals surface area contributed by atoms with Crippen molar-refractivity contribution in [1.82, 2.24) is 15.2 Å². The van der Waals surface area contributed by atoms with E-state index in [1.54, 1.807) is 17.1 Å². The standard InChI is InChI=1S/C18H13F3N4O3/c19-18(20,21)15-13(8-14(16(22)26)17(27)24-15)10-3-5-12(6-4-10)28-9-11-2-1-7-23-25-11/h1-8H,9H2,(H2,22,26)(H,24,27). The highest BCUT2D eigenvalue weighted by atomic mass is 19.4. The van der Waals surface area contributed by atoms with Gasteiger partial charge in [-0.3, -0.25) is 9.59 Å². The Kier molecular flexibility index (Phi) is 5.12. The van der Waals surface area contributed by atoms with E-state index in [4.69, 9.17) is 10.5 Å². The van der Waals surface area contributed by atoms with Crippen LogP contribution < -0.4 is 16.0 Å². The summed E-state index contributed by atoms with van der Waals surface area (Å²) in [7, 11) is 0. The zero-order valence-corrected chi connectivity index (χ0v) is 14.2. The molecule has 2 heterocycles. The Hall–Kier alpha value is -3.69. The van der Waals surface area contributed by atoms with Crippen LogP contribution in [0.15, 0.2) is 53.5 Å². The van der Waals surface area contributed by atoms with Crippen LogP contribution >= 0.6 is 0 Å². The molecule has 0 spiro atoms. The van der Waals surface area contributed by atoms with Crippen molar-refractivity contribution < 1.29 is 22.7 Å². The molecule has 7 nitrogen and oxygen atoms in total. The number of carbonyl (C=O) groups excluding carboxylic acids is 1. The van der Waals surface area contributed by atoms with E-state index >= 15 is 0 Å². The van der Waals surface area contributed by atoms with Gasteiger partial charge in [-0.1, -0.05) is 12.1 Å². The van der Waals surface area contributed by atoms with Crippen LogP contribution in [0, 0.1) is 0 Å². The lowest BCUT2D eigenvalue weighted by atomic mass is 10.0. The van der Waals surface area contributed by atoms with Crippen LogP contribution in [0.5, 0.6) is 5.75 Å². The lowest BCUT2D eigenvalue weighted by Crippen LogP contribution is -2.27. The number of carbonyl (C=O) groups is 1. The molecule has 1 aromatic carbocycles. The number of ether oxygens (including phenoxy) is 1. The number of halogens is 3. The van der Waals surface area contributed by atoms with Gasteiger partial charge in [0.1, 0.15) is 29.3 Å². The lowest BCUT2D eigenvalue weighted by molar-refractivity contribution is -0.140. The van der Waals surface area contributed by atoms with E-state index in [0.717, 1.165) is 6.07 Å². The molecule has 0 aliphatic heterocycles. The van der Waals surface area contributed by atoms with Crippen molar-refractivity contribution in [2.24, 2.45) is 5.73 Å². The number of hydrogen-bond acceptors (Lipinski definition) is 5. The highest BCUT2D eigenvalue weighted by Crippen LogP contribution is 2.35. The van der Waals surface area contributed by atoms with Gasteiger partial charge in [0, 0.05) is 11.8 Å². The number of aromatic nitrogens is 3. The summed E-state index contributed by atoms with van der Waals surface area (Å²) in [6.07, 6.45) is -3.31. The third kappa shape index (κ3) is 4.17. The van der Waals surface area contributed by atoms with Crippen molar-refractivity contribution in [2.45, 2.75) is 12.8 Å². The van der Waals surface area contributed by atoms with Gasteiger partial charge in [0.15, 0.2) is 0 Å². The molecule has 0 aliphatic carbocycles. The molecular weight excluding hydrogens is 377 g/mol. The number of alkyl halides is 3. The van der Waals surface area contributed by atoms with Gasteiger partial charge in [-0.2, -0.15) is 23.4 Å². The van der Waals surface area contributed by atoms with Crippen LogP contribution in [-0.4, -0.2) is 21.1 Å². The number of nitrogens with one attached hydrogen (secondary N) is 1. The van der Waals surface area contributed by atoms with Crippen LogP contribution in [-0.2, 0) is 12.8 Å². The third-order valence-electron chi connectivity index (χ3n) is 3.77. The number of nitrogens with zero attached hydrogens (tertiary/aromatic N) is 2. The van der Waals surface area contributed by atoms with Gasteiger partial charge in [0.05, 0.1) is 0 Å². The van der Waals surface area contributed by atoms with Gasteiger partial charge >= 0.3 is 6.18 Å². The summed E-state index contributed by atoms with van der Waals surface area (Å²) in [5.74, 6) is -0.734. The molecule has 0 unspecified atom stereocenters. The Bertz CT molecular complexity index is 1050. The number of primary amides is 1. The van der Waals surface area contributed by atoms with Gasteiger partial charge in [-0.15, -0.1) is 0 Å². The zero-order valence-electron chi connectivity index (χ0n) is 14.2. The third-order valence-corrected chi connectivity index (χ3v) is 3.77. The van der Waals surface area contributed by atoms with Crippen molar-refractivity contribution >= 4 is 5.91 Å². The second-order valence-corrected chi connectivity index (χ2v) is 5.69. The summed E-state index contributed by atoms with van der Waals surface area (Å²) >= 11 is 0. The van der Waals surface area contributed by atoms with Gasteiger partial charge in [0.2, 0.25) is 0 Å². The predicted molar refractivity (Wildman–Crippen MR) is 92.4 cm³/mol. The minimum atomic E-state index is -4.83. The zero-order chi connectivity index (χ0) is 20.3. The van der Waals surface area contributed by atoms with Crippen LogP contribution in [0.4, 0.5) is 13.2 Å². The average molecular weight is 390 g/mol. The van der Waals surface area contributed by atoms with Crippen molar-refractivity contribution in [2.75, 3.05) is 0 Å². The maximum absolute atomic E-state index is 13.3. The van der Waals surface area contributed by atoms with Crippen LogP contribution in [0.3, 0.4) is 0 Å². The summed E-state index contributed by atoms with van der Waals surface area (Å²) in [6, 6.07) is 9.91. The SMILES string of the molecule is NC(=O)c1cc(-c2ccc(OCc3cccnn3)cc2)c(C(F)(F)F)[nH]c1=O. The monoisotopic (exact) mass is 390 g/mol. The second kappa shape index (κ2) is 7.51. The number of nitrogens with two attached hydrogens (primary N) is 1. The Morgan fingerprint density at radius 3 is 2.46 bits per heavy atom. The number of rotatable bonds is 5. The highest BCUT2D eigenvalue weighted by molar-refractivity contribution is 5.93. The van der Waals surface area contributed by atoms with E-state index in [9.17, 15) is 22.8 Å². The molecule has 3 aromatic rings. The van der Waals surface area contributed by atoms with E-state index in [2.05, 4.69) is 10.2 Å². The molecule has 10 heteroatoms. The van der Waals surface area contributed by atoms with Crippen molar-refractivity contribution in [1.29, 1.82) is 0 Å². The molecule has 0 bridgehead atoms. The number of amides is 1. The molecule has 2 aromatic heterocycles. The van der Waals surface area contributed by atoms with E-state index < -0.39 is 28.9 Å². The molecule has 0 aliphatic rings. The van der Waals surface area contributed by atoms with Gasteiger partial charge in [0.25, 0.3) is 11.5 Å². The molecular formula is C18H13F3N4O3. The van der Waals surface area contributed by atoms with Crippen LogP contribution in [0.1, 0.15) is 21.7 Å². The smallest absolute Gasteiger partial charge is 0.431 e. The number of H-pyrrole nitrogens is 1. The molecule has 3 rings (SSSR count). The first-order valence-electron chi connectivity index (χ1n) is 7.90. The fraction of sp³-hybridized carbons (Fsp3) is 0.111. The molecule has 0 saturated carbocycles. The fourth-order valence-electron chi connectivity index (χ4n) is 2.46. The number of pyridine rings is 1. The molecule has 0 fully saturated rings. The van der Waals surface area contributed by atoms with Gasteiger partial charge in [-0.25, -0.2) is 0 Å². The Balaban J connectivity index is 1.93. The first-order valence-corrected chi connectivity index (χ1v) is 7.90. The largest absolute Gasteiger partial charge is 0.487 e. The Labute approximate surface area is 156 Å². The minimum Gasteiger partial charge on any atom is -0.487 e. The first kappa shape index (κ1) is 19.1. The Morgan fingerprint density at radius 2 is 1.89 bits per heavy atom. The average Bonchev–Trinajstić information content (AvgIpc) is 2.66. The van der Waals surface area contributed by atoms with E-state index in [1.807, 2.05) is 0 Å². The molecule has 0 atom stereocenters. The highest BCUT2D eigenvalue weighted by Gasteiger charge is 2.36. The van der Waals surface area contributed by atoms with Gasteiger partial charge in [-0.05, 0) is 35.9 Å². The predicted octanol–water partition coefficient (Wildman–Crippen LogP) is 2.53. The van der Waals surface area contributed by atoms with Crippen molar-refractivity contribution in [3.8, 4) is 16.9 Å². The van der Waals surface area contributed by atoms with Crippen LogP contribution in [0.25, 0.3) is 11.1 Å². The number of aromatic amines is 1. The summed E-state index contributed by atoms with van der Waals surface area (Å²) in [5.41, 5.74) is 2.37. The lowest BCUT2D eigenvalue weighted by Gasteiger charge is -2.14. The normalized spacial score (nSPS) is 11.2. The molecule has 1 amide bonds. The summed E-state index contributed by atoms with van der Waals surface area (Å²) in [4.78, 5) is 24.7. The topological polar surface area (TPSA) is 111 Å². The molecule has 28 heavy (non-hydrogen) atoms. The quantitative estimate of drug-likeness (QED) is 0.696. The number of hydrogen-bond donors (Lipinski definition) is 2. The van der Waals surface area contributed by atoms with Crippen LogP contribution in [0.2, 0.25) is 0 Å². The first-order chi connectivity index (χ1) is 13.3. The van der Waals surface area contributed by atoms with Crippen molar-refractivity contribution in [3.05, 3.63) is 76.0 Å². The Morgan fingerprint density at radius 1 is 1.18 bits per heavy atom.